The number of halogens is 1. The Morgan fingerprint density at radius 2 is 1.71 bits per heavy atom. The highest BCUT2D eigenvalue weighted by Gasteiger charge is 2.26. The first-order valence-electron chi connectivity index (χ1n) is 6.10. The molecule has 1 saturated heterocycles. The molecule has 0 bridgehead atoms. The average Bonchev–Trinajstić information content (AvgIpc) is 2.44. The summed E-state index contributed by atoms with van der Waals surface area (Å²) in [7, 11) is 0. The number of nitrogens with one attached hydrogen (secondary N) is 2. The second-order valence-corrected chi connectivity index (χ2v) is 5.33. The molecule has 1 aliphatic heterocycles. The number of benzene rings is 1. The molecule has 0 radical (unpaired) electrons. The summed E-state index contributed by atoms with van der Waals surface area (Å²) in [5.74, 6) is -1.94. The van der Waals surface area contributed by atoms with Crippen LogP contribution in [0, 0.1) is 0 Å². The Morgan fingerprint density at radius 1 is 1.14 bits per heavy atom. The van der Waals surface area contributed by atoms with Gasteiger partial charge in [-0.25, -0.2) is 0 Å². The van der Waals surface area contributed by atoms with Crippen molar-refractivity contribution in [3.63, 3.8) is 0 Å². The topological polar surface area (TPSA) is 95.6 Å². The number of piperazine rings is 1. The minimum absolute atomic E-state index is 0.182. The van der Waals surface area contributed by atoms with E-state index >= 15 is 0 Å². The normalized spacial score (nSPS) is 14.6. The lowest BCUT2D eigenvalue weighted by molar-refractivity contribution is -0.144. The van der Waals surface area contributed by atoms with Gasteiger partial charge in [0.1, 0.15) is 13.1 Å². The van der Waals surface area contributed by atoms with Crippen LogP contribution in [0.5, 0.6) is 0 Å². The lowest BCUT2D eigenvalue weighted by atomic mass is 10.2. The lowest BCUT2D eigenvalue weighted by Gasteiger charge is -2.25. The maximum absolute atomic E-state index is 11.9. The summed E-state index contributed by atoms with van der Waals surface area (Å²) in [6.07, 6.45) is 0. The van der Waals surface area contributed by atoms with Crippen LogP contribution in [0.25, 0.3) is 0 Å². The molecule has 1 aromatic carbocycles. The van der Waals surface area contributed by atoms with Crippen LogP contribution in [-0.2, 0) is 14.4 Å². The van der Waals surface area contributed by atoms with E-state index < -0.39 is 23.6 Å². The van der Waals surface area contributed by atoms with E-state index in [1.165, 1.54) is 0 Å². The summed E-state index contributed by atoms with van der Waals surface area (Å²) in [4.78, 5) is 47.1. The number of rotatable bonds is 3. The monoisotopic (exact) mass is 353 g/mol. The van der Waals surface area contributed by atoms with E-state index in [9.17, 15) is 19.2 Å². The van der Waals surface area contributed by atoms with Crippen LogP contribution in [0.1, 0.15) is 10.4 Å². The summed E-state index contributed by atoms with van der Waals surface area (Å²) >= 11 is 3.26. The van der Waals surface area contributed by atoms with Crippen LogP contribution < -0.4 is 10.6 Å². The van der Waals surface area contributed by atoms with Gasteiger partial charge in [-0.3, -0.25) is 24.5 Å². The molecule has 2 rings (SSSR count). The van der Waals surface area contributed by atoms with E-state index in [1.54, 1.807) is 24.3 Å². The molecule has 8 heteroatoms. The summed E-state index contributed by atoms with van der Waals surface area (Å²) in [5, 5.41) is 4.55. The standard InChI is InChI=1S/C13H12BrN3O4/c14-9-3-1-8(2-4-9)13(21)15-5-12(20)17-6-10(18)16-11(19)7-17/h1-4H,5-7H2,(H,15,21)(H,16,18,19). The first kappa shape index (κ1) is 15.2. The van der Waals surface area contributed by atoms with Crippen LogP contribution in [0.4, 0.5) is 0 Å². The average molecular weight is 354 g/mol. The smallest absolute Gasteiger partial charge is 0.251 e. The Kier molecular flexibility index (Phi) is 4.69. The van der Waals surface area contributed by atoms with Crippen molar-refractivity contribution in [1.29, 1.82) is 0 Å². The molecule has 0 unspecified atom stereocenters. The number of nitrogens with zero attached hydrogens (tertiary/aromatic N) is 1. The van der Waals surface area contributed by atoms with Crippen molar-refractivity contribution < 1.29 is 19.2 Å². The van der Waals surface area contributed by atoms with Gasteiger partial charge in [-0.2, -0.15) is 0 Å². The van der Waals surface area contributed by atoms with Crippen molar-refractivity contribution in [2.24, 2.45) is 0 Å². The summed E-state index contributed by atoms with van der Waals surface area (Å²) in [6, 6.07) is 6.65. The Hall–Kier alpha value is -2.22. The molecule has 1 aromatic rings. The minimum atomic E-state index is -0.529. The molecule has 0 aliphatic carbocycles. The third-order valence-corrected chi connectivity index (χ3v) is 3.34. The molecule has 21 heavy (non-hydrogen) atoms. The zero-order valence-electron chi connectivity index (χ0n) is 10.9. The van der Waals surface area contributed by atoms with Crippen molar-refractivity contribution in [3.05, 3.63) is 34.3 Å². The predicted molar refractivity (Wildman–Crippen MR) is 76.2 cm³/mol. The molecule has 110 valence electrons. The Balaban J connectivity index is 1.88. The lowest BCUT2D eigenvalue weighted by Crippen LogP contribution is -2.55. The summed E-state index contributed by atoms with van der Waals surface area (Å²) in [5.41, 5.74) is 0.415. The second kappa shape index (κ2) is 6.49. The van der Waals surface area contributed by atoms with Gasteiger partial charge in [0.05, 0.1) is 6.54 Å². The number of amides is 4. The third-order valence-electron chi connectivity index (χ3n) is 2.81. The molecule has 0 atom stereocenters. The first-order valence-corrected chi connectivity index (χ1v) is 6.89. The highest BCUT2D eigenvalue weighted by Crippen LogP contribution is 2.10. The van der Waals surface area contributed by atoms with Crippen molar-refractivity contribution in [1.82, 2.24) is 15.5 Å². The van der Waals surface area contributed by atoms with Crippen LogP contribution in [-0.4, -0.2) is 48.2 Å². The third kappa shape index (κ3) is 4.12. The number of hydrogen-bond donors (Lipinski definition) is 2. The maximum atomic E-state index is 11.9. The summed E-state index contributed by atoms with van der Waals surface area (Å²) < 4.78 is 0.841. The van der Waals surface area contributed by atoms with E-state index in [4.69, 9.17) is 0 Å². The van der Waals surface area contributed by atoms with Gasteiger partial charge in [-0.05, 0) is 24.3 Å². The van der Waals surface area contributed by atoms with E-state index in [2.05, 4.69) is 26.6 Å². The molecule has 0 saturated carbocycles. The van der Waals surface area contributed by atoms with E-state index in [0.717, 1.165) is 9.37 Å². The molecular weight excluding hydrogens is 342 g/mol. The fraction of sp³-hybridized carbons (Fsp3) is 0.231. The highest BCUT2D eigenvalue weighted by atomic mass is 79.9. The molecule has 1 aliphatic rings. The van der Waals surface area contributed by atoms with Gasteiger partial charge in [0.2, 0.25) is 17.7 Å². The Labute approximate surface area is 128 Å². The maximum Gasteiger partial charge on any atom is 0.251 e. The predicted octanol–water partition coefficient (Wildman–Crippen LogP) is -0.336. The van der Waals surface area contributed by atoms with E-state index in [0.29, 0.717) is 5.56 Å². The van der Waals surface area contributed by atoms with Crippen molar-refractivity contribution in [3.8, 4) is 0 Å². The fourth-order valence-corrected chi connectivity index (χ4v) is 2.05. The largest absolute Gasteiger partial charge is 0.343 e. The number of hydrogen-bond acceptors (Lipinski definition) is 4. The van der Waals surface area contributed by atoms with E-state index in [1.807, 2.05) is 0 Å². The molecule has 4 amide bonds. The zero-order chi connectivity index (χ0) is 15.4. The quantitative estimate of drug-likeness (QED) is 0.727. The molecule has 7 nitrogen and oxygen atoms in total. The molecule has 2 N–H and O–H groups in total. The number of imide groups is 1. The van der Waals surface area contributed by atoms with Gasteiger partial charge in [0, 0.05) is 10.0 Å². The zero-order valence-corrected chi connectivity index (χ0v) is 12.5. The van der Waals surface area contributed by atoms with Crippen LogP contribution in [0.15, 0.2) is 28.7 Å². The molecule has 1 heterocycles. The van der Waals surface area contributed by atoms with Crippen LogP contribution >= 0.6 is 15.9 Å². The summed E-state index contributed by atoms with van der Waals surface area (Å²) in [6.45, 7) is -0.632. The molecular formula is C13H12BrN3O4. The van der Waals surface area contributed by atoms with Crippen molar-refractivity contribution >= 4 is 39.6 Å². The SMILES string of the molecule is O=C1CN(C(=O)CNC(=O)c2ccc(Br)cc2)CC(=O)N1. The number of carbonyl (C=O) groups excluding carboxylic acids is 4. The van der Waals surface area contributed by atoms with Crippen molar-refractivity contribution in [2.75, 3.05) is 19.6 Å². The molecule has 1 fully saturated rings. The first-order chi connectivity index (χ1) is 9.95. The minimum Gasteiger partial charge on any atom is -0.343 e. The highest BCUT2D eigenvalue weighted by molar-refractivity contribution is 9.10. The Morgan fingerprint density at radius 3 is 2.29 bits per heavy atom. The van der Waals surface area contributed by atoms with Gasteiger partial charge >= 0.3 is 0 Å². The fourth-order valence-electron chi connectivity index (χ4n) is 1.78. The number of carbonyl (C=O) groups is 4. The Bertz CT molecular complexity index is 584. The van der Waals surface area contributed by atoms with Crippen LogP contribution in [0.3, 0.4) is 0 Å². The van der Waals surface area contributed by atoms with E-state index in [-0.39, 0.29) is 19.6 Å². The van der Waals surface area contributed by atoms with Gasteiger partial charge in [0.25, 0.3) is 5.91 Å². The molecule has 0 aromatic heterocycles. The molecule has 0 spiro atoms. The van der Waals surface area contributed by atoms with Gasteiger partial charge in [-0.1, -0.05) is 15.9 Å². The van der Waals surface area contributed by atoms with Gasteiger partial charge in [-0.15, -0.1) is 0 Å². The van der Waals surface area contributed by atoms with Crippen molar-refractivity contribution in [2.45, 2.75) is 0 Å². The second-order valence-electron chi connectivity index (χ2n) is 4.41. The van der Waals surface area contributed by atoms with Gasteiger partial charge < -0.3 is 10.2 Å². The van der Waals surface area contributed by atoms with Crippen LogP contribution in [0.2, 0.25) is 0 Å². The van der Waals surface area contributed by atoms with Gasteiger partial charge in [0.15, 0.2) is 0 Å².